The lowest BCUT2D eigenvalue weighted by molar-refractivity contribution is 0.552. The molecule has 63 heavy (non-hydrogen) atoms. The highest BCUT2D eigenvalue weighted by molar-refractivity contribution is 6.84. The van der Waals surface area contributed by atoms with E-state index in [1.165, 1.54) is 38.9 Å². The molecule has 1 unspecified atom stereocenters. The van der Waals surface area contributed by atoms with E-state index in [-0.39, 0.29) is 10.8 Å². The van der Waals surface area contributed by atoms with Gasteiger partial charge in [0.2, 0.25) is 0 Å². The minimum Gasteiger partial charge on any atom is -0.311 e. The average Bonchev–Trinajstić information content (AvgIpc) is 3.24. The van der Waals surface area contributed by atoms with Gasteiger partial charge in [-0.15, -0.1) is 11.1 Å². The van der Waals surface area contributed by atoms with Crippen LogP contribution in [0.2, 0.25) is 39.3 Å². The Morgan fingerprint density at radius 1 is 0.429 bits per heavy atom. The summed E-state index contributed by atoms with van der Waals surface area (Å²) in [4.78, 5) is 2.38. The molecular weight excluding hydrogens is 791 g/mol. The molecule has 3 heteroatoms. The second-order valence-electron chi connectivity index (χ2n) is 21.6. The lowest BCUT2D eigenvalue weighted by Gasteiger charge is -2.28. The van der Waals surface area contributed by atoms with Crippen LogP contribution in [0.15, 0.2) is 146 Å². The molecule has 0 saturated heterocycles. The van der Waals surface area contributed by atoms with Crippen molar-refractivity contribution in [2.24, 2.45) is 0 Å². The number of rotatable bonds is 12. The smallest absolute Gasteiger partial charge is 0.129 e. The molecular formula is C60H71NSi2. The molecule has 0 N–H and O–H groups in total. The molecule has 0 aromatic heterocycles. The van der Waals surface area contributed by atoms with Crippen LogP contribution in [0, 0.1) is 22.9 Å². The van der Waals surface area contributed by atoms with Crippen LogP contribution >= 0.6 is 0 Å². The molecule has 6 rings (SSSR count). The second kappa shape index (κ2) is 20.0. The molecule has 0 fully saturated rings. The van der Waals surface area contributed by atoms with Gasteiger partial charge in [-0.25, -0.2) is 0 Å². The second-order valence-corrected chi connectivity index (χ2v) is 31.1. The number of nitrogens with zero attached hydrogens (tertiary/aromatic N) is 1. The maximum Gasteiger partial charge on any atom is 0.129 e. The van der Waals surface area contributed by atoms with Crippen LogP contribution in [0.3, 0.4) is 0 Å². The number of benzene rings is 6. The SMILES string of the molecule is CC(C)(C)c1ccc(N(c2ccc(-c3ccc(C(CCCc4ccc(C#C[Si](C)(C)C)cc4)CCc4ccc(C#C[Si](C)(C)C)cc4)cc3)cc2)c2ccc(C(C)(C)C)cc2)cc1. The highest BCUT2D eigenvalue weighted by Gasteiger charge is 2.19. The quantitative estimate of drug-likeness (QED) is 0.0875. The molecule has 0 amide bonds. The minimum absolute atomic E-state index is 0.0970. The first-order chi connectivity index (χ1) is 29.7. The van der Waals surface area contributed by atoms with E-state index in [1.807, 2.05) is 0 Å². The van der Waals surface area contributed by atoms with Crippen LogP contribution < -0.4 is 4.90 Å². The molecule has 0 heterocycles. The van der Waals surface area contributed by atoms with Crippen LogP contribution in [-0.4, -0.2) is 16.1 Å². The average molecular weight is 862 g/mol. The van der Waals surface area contributed by atoms with E-state index in [2.05, 4.69) is 254 Å². The zero-order valence-electron chi connectivity index (χ0n) is 40.4. The molecule has 0 spiro atoms. The van der Waals surface area contributed by atoms with E-state index < -0.39 is 16.1 Å². The van der Waals surface area contributed by atoms with Gasteiger partial charge >= 0.3 is 0 Å². The van der Waals surface area contributed by atoms with Gasteiger partial charge in [0.05, 0.1) is 0 Å². The van der Waals surface area contributed by atoms with Gasteiger partial charge < -0.3 is 4.90 Å². The zero-order chi connectivity index (χ0) is 45.4. The first-order valence-corrected chi connectivity index (χ1v) is 30.2. The third-order valence-electron chi connectivity index (χ3n) is 11.7. The molecule has 1 atom stereocenters. The van der Waals surface area contributed by atoms with E-state index in [0.717, 1.165) is 60.3 Å². The Kier molecular flexibility index (Phi) is 15.0. The molecule has 0 aliphatic rings. The molecule has 324 valence electrons. The first-order valence-electron chi connectivity index (χ1n) is 23.2. The van der Waals surface area contributed by atoms with Gasteiger partial charge in [0.25, 0.3) is 0 Å². The van der Waals surface area contributed by atoms with Crippen LogP contribution in [0.5, 0.6) is 0 Å². The number of anilines is 3. The summed E-state index contributed by atoms with van der Waals surface area (Å²) in [6.45, 7) is 27.4. The Morgan fingerprint density at radius 3 is 1.17 bits per heavy atom. The summed E-state index contributed by atoms with van der Waals surface area (Å²) >= 11 is 0. The molecule has 6 aromatic rings. The maximum atomic E-state index is 3.51. The highest BCUT2D eigenvalue weighted by Crippen LogP contribution is 2.38. The normalized spacial score (nSPS) is 12.4. The van der Waals surface area contributed by atoms with Crippen molar-refractivity contribution in [2.75, 3.05) is 4.90 Å². The molecule has 1 nitrogen and oxygen atoms in total. The fraction of sp³-hybridized carbons (Fsp3) is 0.333. The Hall–Kier alpha value is -5.33. The lowest BCUT2D eigenvalue weighted by Crippen LogP contribution is -2.16. The van der Waals surface area contributed by atoms with Gasteiger partial charge in [0.15, 0.2) is 0 Å². The largest absolute Gasteiger partial charge is 0.311 e. The molecule has 0 saturated carbocycles. The van der Waals surface area contributed by atoms with Crippen molar-refractivity contribution in [1.29, 1.82) is 0 Å². The van der Waals surface area contributed by atoms with Crippen molar-refractivity contribution in [1.82, 2.24) is 0 Å². The van der Waals surface area contributed by atoms with Crippen LogP contribution in [0.1, 0.15) is 106 Å². The third kappa shape index (κ3) is 14.1. The number of hydrogen-bond donors (Lipinski definition) is 0. The van der Waals surface area contributed by atoms with E-state index in [1.54, 1.807) is 0 Å². The lowest BCUT2D eigenvalue weighted by atomic mass is 9.86. The summed E-state index contributed by atoms with van der Waals surface area (Å²) in [6.07, 6.45) is 5.53. The monoisotopic (exact) mass is 862 g/mol. The molecule has 0 bridgehead atoms. The highest BCUT2D eigenvalue weighted by atomic mass is 28.3. The van der Waals surface area contributed by atoms with Crippen molar-refractivity contribution >= 4 is 33.2 Å². The third-order valence-corrected chi connectivity index (χ3v) is 13.4. The molecule has 0 aliphatic carbocycles. The van der Waals surface area contributed by atoms with Gasteiger partial charge in [-0.3, -0.25) is 0 Å². The van der Waals surface area contributed by atoms with E-state index in [4.69, 9.17) is 0 Å². The summed E-state index contributed by atoms with van der Waals surface area (Å²) in [5, 5.41) is 0. The zero-order valence-corrected chi connectivity index (χ0v) is 42.4. The van der Waals surface area contributed by atoms with E-state index in [9.17, 15) is 0 Å². The van der Waals surface area contributed by atoms with Gasteiger partial charge in [0, 0.05) is 28.2 Å². The van der Waals surface area contributed by atoms with Gasteiger partial charge in [-0.2, -0.15) is 0 Å². The number of aryl methyl sites for hydroxylation is 2. The number of hydrogen-bond acceptors (Lipinski definition) is 1. The fourth-order valence-electron chi connectivity index (χ4n) is 7.82. The fourth-order valence-corrected chi connectivity index (χ4v) is 8.86. The van der Waals surface area contributed by atoms with E-state index in [0.29, 0.717) is 5.92 Å². The van der Waals surface area contributed by atoms with Crippen molar-refractivity contribution in [3.05, 3.63) is 185 Å². The van der Waals surface area contributed by atoms with E-state index >= 15 is 0 Å². The minimum atomic E-state index is -1.41. The van der Waals surface area contributed by atoms with Crippen molar-refractivity contribution in [3.8, 4) is 34.1 Å². The van der Waals surface area contributed by atoms with Crippen LogP contribution in [0.25, 0.3) is 11.1 Å². The van der Waals surface area contributed by atoms with Crippen molar-refractivity contribution in [3.63, 3.8) is 0 Å². The van der Waals surface area contributed by atoms with Crippen LogP contribution in [0.4, 0.5) is 17.1 Å². The topological polar surface area (TPSA) is 3.24 Å². The van der Waals surface area contributed by atoms with Crippen LogP contribution in [-0.2, 0) is 23.7 Å². The Labute approximate surface area is 384 Å². The summed E-state index contributed by atoms with van der Waals surface area (Å²) in [5.41, 5.74) is 22.3. The summed E-state index contributed by atoms with van der Waals surface area (Å²) in [6, 6.07) is 54.7. The molecule has 0 aliphatic heterocycles. The predicted octanol–water partition coefficient (Wildman–Crippen LogP) is 16.6. The van der Waals surface area contributed by atoms with Gasteiger partial charge in [-0.1, -0.05) is 178 Å². The maximum absolute atomic E-state index is 3.51. The Bertz CT molecular complexity index is 2460. The summed E-state index contributed by atoms with van der Waals surface area (Å²) in [5.74, 6) is 7.30. The predicted molar refractivity (Wildman–Crippen MR) is 281 cm³/mol. The standard InChI is InChI=1S/C60H71NSi2/c1-59(2,3)54-32-38-57(39-33-54)61(58-40-34-55(35-41-58)60(4,5)6)56-36-30-53(31-37-56)52-28-26-51(27-29-52)50(25-24-47-18-22-49(23-19-47)43-45-63(10,11)12)15-13-14-46-16-20-48(21-17-46)42-44-62(7,8)9/h16-23,26-41,50H,13-15,24-25H2,1-12H3. The molecule has 0 radical (unpaired) electrons. The van der Waals surface area contributed by atoms with Gasteiger partial charge in [-0.05, 0) is 148 Å². The summed E-state index contributed by atoms with van der Waals surface area (Å²) in [7, 11) is -2.81. The summed E-state index contributed by atoms with van der Waals surface area (Å²) < 4.78 is 0. The van der Waals surface area contributed by atoms with Crippen molar-refractivity contribution in [2.45, 2.75) is 130 Å². The Balaban J connectivity index is 1.21. The first kappa shape index (κ1) is 47.2. The van der Waals surface area contributed by atoms with Crippen molar-refractivity contribution < 1.29 is 0 Å². The molecule has 6 aromatic carbocycles. The van der Waals surface area contributed by atoms with Gasteiger partial charge in [0.1, 0.15) is 16.1 Å². The Morgan fingerprint density at radius 2 is 0.794 bits per heavy atom.